The van der Waals surface area contributed by atoms with Crippen LogP contribution in [0.5, 0.6) is 0 Å². The molecule has 0 nitrogen and oxygen atoms in total. The van der Waals surface area contributed by atoms with E-state index in [9.17, 15) is 0 Å². The van der Waals surface area contributed by atoms with Crippen LogP contribution in [0.25, 0.3) is 0 Å². The molecule has 0 aromatic carbocycles. The van der Waals surface area contributed by atoms with E-state index >= 15 is 0 Å². The Morgan fingerprint density at radius 3 is 1.67 bits per heavy atom. The predicted octanol–water partition coefficient (Wildman–Crippen LogP) is 4.46. The minimum absolute atomic E-state index is 0.841. The highest BCUT2D eigenvalue weighted by molar-refractivity contribution is 6.80. The van der Waals surface area contributed by atoms with Crippen LogP contribution in [0.2, 0.25) is 24.2 Å². The summed E-state index contributed by atoms with van der Waals surface area (Å²) in [6, 6.07) is 5.76. The third kappa shape index (κ3) is 3.57. The van der Waals surface area contributed by atoms with E-state index in [2.05, 4.69) is 39.8 Å². The zero-order chi connectivity index (χ0) is 9.45. The molecule has 0 aliphatic rings. The van der Waals surface area contributed by atoms with E-state index in [1.807, 2.05) is 0 Å². The molecule has 0 amide bonds. The van der Waals surface area contributed by atoms with E-state index in [-0.39, 0.29) is 0 Å². The van der Waals surface area contributed by atoms with Crippen LogP contribution in [0, 0.1) is 0 Å². The van der Waals surface area contributed by atoms with E-state index in [1.165, 1.54) is 30.6 Å². The standard InChI is InChI=1S/C11H24Si/c1-5-9-10-11-12(6-2,7-3)8-4/h9-10H,5-8,11H2,1-4H3. The lowest BCUT2D eigenvalue weighted by molar-refractivity contribution is 1.13. The zero-order valence-electron chi connectivity index (χ0n) is 9.19. The summed E-state index contributed by atoms with van der Waals surface area (Å²) >= 11 is 0. The molecule has 0 saturated heterocycles. The molecule has 0 bridgehead atoms. The summed E-state index contributed by atoms with van der Waals surface area (Å²) in [5.41, 5.74) is 0. The second-order valence-electron chi connectivity index (χ2n) is 3.64. The van der Waals surface area contributed by atoms with Crippen LogP contribution in [-0.4, -0.2) is 8.07 Å². The highest BCUT2D eigenvalue weighted by atomic mass is 28.3. The van der Waals surface area contributed by atoms with Gasteiger partial charge in [-0.25, -0.2) is 0 Å². The van der Waals surface area contributed by atoms with E-state index in [1.54, 1.807) is 0 Å². The average molecular weight is 184 g/mol. The van der Waals surface area contributed by atoms with Gasteiger partial charge in [-0.3, -0.25) is 0 Å². The highest BCUT2D eigenvalue weighted by Gasteiger charge is 2.24. The van der Waals surface area contributed by atoms with Gasteiger partial charge in [0, 0.05) is 0 Å². The van der Waals surface area contributed by atoms with Crippen molar-refractivity contribution in [2.24, 2.45) is 0 Å². The number of rotatable bonds is 6. The summed E-state index contributed by atoms with van der Waals surface area (Å²) in [4.78, 5) is 0. The Morgan fingerprint density at radius 1 is 0.833 bits per heavy atom. The molecule has 0 unspecified atom stereocenters. The molecule has 12 heavy (non-hydrogen) atoms. The van der Waals surface area contributed by atoms with Crippen molar-refractivity contribution in [3.8, 4) is 0 Å². The summed E-state index contributed by atoms with van der Waals surface area (Å²) in [5.74, 6) is 0. The van der Waals surface area contributed by atoms with E-state index in [4.69, 9.17) is 0 Å². The fourth-order valence-electron chi connectivity index (χ4n) is 1.68. The van der Waals surface area contributed by atoms with Crippen LogP contribution in [0.15, 0.2) is 12.2 Å². The number of allylic oxidation sites excluding steroid dienone is 2. The van der Waals surface area contributed by atoms with Crippen molar-refractivity contribution in [3.05, 3.63) is 12.2 Å². The Bertz CT molecular complexity index is 115. The lowest BCUT2D eigenvalue weighted by atomic mass is 10.4. The minimum atomic E-state index is -0.841. The maximum Gasteiger partial charge on any atom is 0.0565 e. The van der Waals surface area contributed by atoms with Gasteiger partial charge in [-0.2, -0.15) is 0 Å². The fourth-order valence-corrected chi connectivity index (χ4v) is 4.72. The molecule has 0 atom stereocenters. The van der Waals surface area contributed by atoms with Crippen molar-refractivity contribution in [2.75, 3.05) is 0 Å². The van der Waals surface area contributed by atoms with Crippen molar-refractivity contribution in [2.45, 2.75) is 58.3 Å². The number of hydrogen-bond donors (Lipinski definition) is 0. The molecule has 0 rings (SSSR count). The van der Waals surface area contributed by atoms with Gasteiger partial charge in [-0.1, -0.05) is 58.0 Å². The second-order valence-corrected chi connectivity index (χ2v) is 9.17. The normalized spacial score (nSPS) is 12.7. The molecule has 0 aromatic rings. The Balaban J connectivity index is 4.01. The largest absolute Gasteiger partial charge is 0.0912 e. The Kier molecular flexibility index (Phi) is 6.45. The molecule has 0 aromatic heterocycles. The summed E-state index contributed by atoms with van der Waals surface area (Å²) in [6.45, 7) is 9.33. The topological polar surface area (TPSA) is 0 Å². The van der Waals surface area contributed by atoms with Gasteiger partial charge in [0.25, 0.3) is 0 Å². The number of hydrogen-bond acceptors (Lipinski definition) is 0. The van der Waals surface area contributed by atoms with E-state index in [0.717, 1.165) is 0 Å². The van der Waals surface area contributed by atoms with Crippen molar-refractivity contribution in [3.63, 3.8) is 0 Å². The maximum absolute atomic E-state index is 2.42. The summed E-state index contributed by atoms with van der Waals surface area (Å²) in [5, 5.41) is 0. The lowest BCUT2D eigenvalue weighted by Gasteiger charge is -2.26. The van der Waals surface area contributed by atoms with Crippen LogP contribution >= 0.6 is 0 Å². The molecule has 0 fully saturated rings. The molecule has 0 saturated carbocycles. The third-order valence-corrected chi connectivity index (χ3v) is 8.80. The van der Waals surface area contributed by atoms with Gasteiger partial charge in [0.05, 0.1) is 8.07 Å². The van der Waals surface area contributed by atoms with E-state index < -0.39 is 8.07 Å². The first-order valence-corrected chi connectivity index (χ1v) is 8.22. The third-order valence-electron chi connectivity index (χ3n) is 3.20. The maximum atomic E-state index is 2.42. The van der Waals surface area contributed by atoms with Crippen LogP contribution in [0.1, 0.15) is 34.1 Å². The van der Waals surface area contributed by atoms with Gasteiger partial charge in [0.2, 0.25) is 0 Å². The minimum Gasteiger partial charge on any atom is -0.0912 e. The molecule has 1 heteroatoms. The quantitative estimate of drug-likeness (QED) is 0.422. The van der Waals surface area contributed by atoms with Crippen LogP contribution in [-0.2, 0) is 0 Å². The summed E-state index contributed by atoms with van der Waals surface area (Å²) in [6.07, 6.45) is 5.94. The molecule has 72 valence electrons. The van der Waals surface area contributed by atoms with Crippen molar-refractivity contribution in [1.82, 2.24) is 0 Å². The summed E-state index contributed by atoms with van der Waals surface area (Å²) < 4.78 is 0. The lowest BCUT2D eigenvalue weighted by Crippen LogP contribution is -2.29. The summed E-state index contributed by atoms with van der Waals surface area (Å²) in [7, 11) is -0.841. The first-order valence-electron chi connectivity index (χ1n) is 5.39. The first kappa shape index (κ1) is 12.0. The van der Waals surface area contributed by atoms with Crippen LogP contribution in [0.3, 0.4) is 0 Å². The van der Waals surface area contributed by atoms with Gasteiger partial charge in [-0.15, -0.1) is 0 Å². The fraction of sp³-hybridized carbons (Fsp3) is 0.818. The van der Waals surface area contributed by atoms with Crippen molar-refractivity contribution < 1.29 is 0 Å². The van der Waals surface area contributed by atoms with E-state index in [0.29, 0.717) is 0 Å². The predicted molar refractivity (Wildman–Crippen MR) is 61.4 cm³/mol. The Morgan fingerprint density at radius 2 is 1.33 bits per heavy atom. The van der Waals surface area contributed by atoms with Crippen molar-refractivity contribution in [1.29, 1.82) is 0 Å². The molecule has 0 heterocycles. The van der Waals surface area contributed by atoms with Crippen molar-refractivity contribution >= 4 is 8.07 Å². The van der Waals surface area contributed by atoms with Gasteiger partial charge < -0.3 is 0 Å². The zero-order valence-corrected chi connectivity index (χ0v) is 10.2. The van der Waals surface area contributed by atoms with Crippen LogP contribution < -0.4 is 0 Å². The molecular weight excluding hydrogens is 160 g/mol. The Hall–Kier alpha value is -0.0431. The molecule has 0 aliphatic carbocycles. The highest BCUT2D eigenvalue weighted by Crippen LogP contribution is 2.25. The van der Waals surface area contributed by atoms with Gasteiger partial charge in [0.15, 0.2) is 0 Å². The molecule has 0 spiro atoms. The van der Waals surface area contributed by atoms with Gasteiger partial charge in [-0.05, 0) is 12.5 Å². The molecule has 0 aliphatic heterocycles. The Labute approximate surface area is 79.1 Å². The second kappa shape index (κ2) is 6.47. The monoisotopic (exact) mass is 184 g/mol. The van der Waals surface area contributed by atoms with Crippen LogP contribution in [0.4, 0.5) is 0 Å². The average Bonchev–Trinajstić information content (AvgIpc) is 2.14. The van der Waals surface area contributed by atoms with Gasteiger partial charge >= 0.3 is 0 Å². The molecular formula is C11H24Si. The van der Waals surface area contributed by atoms with Gasteiger partial charge in [0.1, 0.15) is 0 Å². The molecule has 0 N–H and O–H groups in total. The molecule has 0 radical (unpaired) electrons. The smallest absolute Gasteiger partial charge is 0.0565 e. The SMILES string of the molecule is CCC=CC[Si](CC)(CC)CC. The first-order chi connectivity index (χ1) is 5.74.